The Hall–Kier alpha value is -0.100. The Balaban J connectivity index is 3.56. The Morgan fingerprint density at radius 1 is 1.46 bits per heavy atom. The van der Waals surface area contributed by atoms with Gasteiger partial charge in [0.05, 0.1) is 4.90 Å². The molecular formula is C7H7BrClNO2S. The monoisotopic (exact) mass is 283 g/mol. The van der Waals surface area contributed by atoms with Gasteiger partial charge in [-0.3, -0.25) is 0 Å². The third kappa shape index (κ3) is 2.43. The third-order valence-corrected chi connectivity index (χ3v) is 3.46. The van der Waals surface area contributed by atoms with Gasteiger partial charge in [0.2, 0.25) is 10.0 Å². The number of hydrogen-bond donors (Lipinski definition) is 1. The molecule has 0 radical (unpaired) electrons. The van der Waals surface area contributed by atoms with Crippen LogP contribution in [0.4, 0.5) is 0 Å². The summed E-state index contributed by atoms with van der Waals surface area (Å²) < 4.78 is 22.7. The predicted molar refractivity (Wildman–Crippen MR) is 55.3 cm³/mol. The lowest BCUT2D eigenvalue weighted by Crippen LogP contribution is -2.13. The van der Waals surface area contributed by atoms with Crippen LogP contribution in [0.1, 0.15) is 5.56 Å². The van der Waals surface area contributed by atoms with Crippen molar-refractivity contribution in [2.75, 3.05) is 0 Å². The standard InChI is InChI=1S/C7H7BrClNO2S/c1-4-6(9)2-5(8)3-7(4)13(10,11)12/h2-3H,1H3,(H2,10,11,12). The highest BCUT2D eigenvalue weighted by molar-refractivity contribution is 9.10. The molecule has 0 aliphatic rings. The van der Waals surface area contributed by atoms with Crippen LogP contribution in [0.25, 0.3) is 0 Å². The molecule has 1 aromatic rings. The maximum atomic E-state index is 11.1. The summed E-state index contributed by atoms with van der Waals surface area (Å²) in [6, 6.07) is 3.04. The first kappa shape index (κ1) is 11.0. The van der Waals surface area contributed by atoms with Gasteiger partial charge < -0.3 is 0 Å². The molecule has 0 spiro atoms. The van der Waals surface area contributed by atoms with E-state index in [1.54, 1.807) is 13.0 Å². The SMILES string of the molecule is Cc1c(Cl)cc(Br)cc1S(N)(=O)=O. The number of nitrogens with two attached hydrogens (primary N) is 1. The lowest BCUT2D eigenvalue weighted by atomic mass is 10.2. The second-order valence-electron chi connectivity index (χ2n) is 2.56. The summed E-state index contributed by atoms with van der Waals surface area (Å²) in [6.45, 7) is 1.61. The van der Waals surface area contributed by atoms with Gasteiger partial charge in [0.1, 0.15) is 0 Å². The number of benzene rings is 1. The summed E-state index contributed by atoms with van der Waals surface area (Å²) >= 11 is 8.91. The molecular weight excluding hydrogens is 278 g/mol. The molecule has 0 saturated carbocycles. The van der Waals surface area contributed by atoms with Crippen molar-refractivity contribution >= 4 is 37.6 Å². The second kappa shape index (κ2) is 3.57. The highest BCUT2D eigenvalue weighted by Gasteiger charge is 2.14. The first-order valence-corrected chi connectivity index (χ1v) is 6.02. The van der Waals surface area contributed by atoms with E-state index in [2.05, 4.69) is 15.9 Å². The van der Waals surface area contributed by atoms with Gasteiger partial charge >= 0.3 is 0 Å². The van der Waals surface area contributed by atoms with E-state index in [1.165, 1.54) is 6.07 Å². The van der Waals surface area contributed by atoms with Crippen molar-refractivity contribution in [1.82, 2.24) is 0 Å². The fourth-order valence-electron chi connectivity index (χ4n) is 0.918. The van der Waals surface area contributed by atoms with Crippen molar-refractivity contribution < 1.29 is 8.42 Å². The average Bonchev–Trinajstić information content (AvgIpc) is 1.94. The highest BCUT2D eigenvalue weighted by atomic mass is 79.9. The minimum Gasteiger partial charge on any atom is -0.225 e. The van der Waals surface area contributed by atoms with Crippen molar-refractivity contribution in [1.29, 1.82) is 0 Å². The predicted octanol–water partition coefficient (Wildman–Crippen LogP) is 2.06. The molecule has 0 atom stereocenters. The van der Waals surface area contributed by atoms with Crippen molar-refractivity contribution in [3.63, 3.8) is 0 Å². The van der Waals surface area contributed by atoms with Gasteiger partial charge in [-0.1, -0.05) is 27.5 Å². The average molecular weight is 285 g/mol. The molecule has 72 valence electrons. The molecule has 6 heteroatoms. The molecule has 0 aliphatic carbocycles. The molecule has 0 saturated heterocycles. The van der Waals surface area contributed by atoms with E-state index in [4.69, 9.17) is 16.7 Å². The van der Waals surface area contributed by atoms with E-state index in [9.17, 15) is 8.42 Å². The van der Waals surface area contributed by atoms with E-state index in [0.29, 0.717) is 15.1 Å². The zero-order valence-electron chi connectivity index (χ0n) is 6.71. The van der Waals surface area contributed by atoms with E-state index in [0.717, 1.165) is 0 Å². The normalized spacial score (nSPS) is 11.7. The summed E-state index contributed by atoms with van der Waals surface area (Å²) in [4.78, 5) is 0.0480. The number of rotatable bonds is 1. The molecule has 0 aromatic heterocycles. The minimum atomic E-state index is -3.69. The van der Waals surface area contributed by atoms with Crippen LogP contribution in [-0.4, -0.2) is 8.42 Å². The molecule has 13 heavy (non-hydrogen) atoms. The summed E-state index contributed by atoms with van der Waals surface area (Å²) in [5.74, 6) is 0. The summed E-state index contributed by atoms with van der Waals surface area (Å²) in [6.07, 6.45) is 0. The topological polar surface area (TPSA) is 60.2 Å². The Morgan fingerprint density at radius 3 is 2.46 bits per heavy atom. The zero-order chi connectivity index (χ0) is 10.2. The Bertz CT molecular complexity index is 444. The van der Waals surface area contributed by atoms with Gasteiger partial charge in [-0.05, 0) is 24.6 Å². The number of sulfonamides is 1. The third-order valence-electron chi connectivity index (χ3n) is 1.57. The highest BCUT2D eigenvalue weighted by Crippen LogP contribution is 2.26. The van der Waals surface area contributed by atoms with Crippen LogP contribution in [0.15, 0.2) is 21.5 Å². The van der Waals surface area contributed by atoms with E-state index < -0.39 is 10.0 Å². The van der Waals surface area contributed by atoms with Crippen molar-refractivity contribution in [3.05, 3.63) is 27.2 Å². The van der Waals surface area contributed by atoms with Gasteiger partial charge in [0.15, 0.2) is 0 Å². The van der Waals surface area contributed by atoms with E-state index >= 15 is 0 Å². The second-order valence-corrected chi connectivity index (χ2v) is 5.41. The molecule has 0 aliphatic heterocycles. The first-order chi connectivity index (χ1) is 5.82. The quantitative estimate of drug-likeness (QED) is 0.858. The van der Waals surface area contributed by atoms with E-state index in [1.807, 2.05) is 0 Å². The van der Waals surface area contributed by atoms with Crippen LogP contribution in [0, 0.1) is 6.92 Å². The summed E-state index contributed by atoms with van der Waals surface area (Å²) in [5, 5.41) is 5.36. The summed E-state index contributed by atoms with van der Waals surface area (Å²) in [5.41, 5.74) is 0.465. The van der Waals surface area contributed by atoms with Crippen LogP contribution in [0.2, 0.25) is 5.02 Å². The number of hydrogen-bond acceptors (Lipinski definition) is 2. The molecule has 0 amide bonds. The first-order valence-electron chi connectivity index (χ1n) is 3.31. The van der Waals surface area contributed by atoms with Crippen LogP contribution in [0.3, 0.4) is 0 Å². The van der Waals surface area contributed by atoms with Crippen LogP contribution in [0.5, 0.6) is 0 Å². The smallest absolute Gasteiger partial charge is 0.225 e. The van der Waals surface area contributed by atoms with Crippen molar-refractivity contribution in [2.45, 2.75) is 11.8 Å². The van der Waals surface area contributed by atoms with Gasteiger partial charge in [-0.15, -0.1) is 0 Å². The van der Waals surface area contributed by atoms with Crippen molar-refractivity contribution in [3.8, 4) is 0 Å². The van der Waals surface area contributed by atoms with Crippen LogP contribution >= 0.6 is 27.5 Å². The molecule has 3 nitrogen and oxygen atoms in total. The maximum absolute atomic E-state index is 11.1. The molecule has 1 aromatic carbocycles. The van der Waals surface area contributed by atoms with Crippen LogP contribution < -0.4 is 5.14 Å². The van der Waals surface area contributed by atoms with Gasteiger partial charge in [-0.2, -0.15) is 0 Å². The molecule has 2 N–H and O–H groups in total. The largest absolute Gasteiger partial charge is 0.238 e. The fraction of sp³-hybridized carbons (Fsp3) is 0.143. The van der Waals surface area contributed by atoms with Gasteiger partial charge in [-0.25, -0.2) is 13.6 Å². The van der Waals surface area contributed by atoms with Crippen molar-refractivity contribution in [2.24, 2.45) is 5.14 Å². The molecule has 1 rings (SSSR count). The maximum Gasteiger partial charge on any atom is 0.238 e. The lowest BCUT2D eigenvalue weighted by Gasteiger charge is -2.05. The van der Waals surface area contributed by atoms with Gasteiger partial charge in [0, 0.05) is 9.50 Å². The Morgan fingerprint density at radius 2 is 2.00 bits per heavy atom. The Labute approximate surface area is 90.1 Å². The van der Waals surface area contributed by atoms with E-state index in [-0.39, 0.29) is 4.90 Å². The Kier molecular flexibility index (Phi) is 3.01. The minimum absolute atomic E-state index is 0.0480. The number of halogens is 2. The van der Waals surface area contributed by atoms with Gasteiger partial charge in [0.25, 0.3) is 0 Å². The summed E-state index contributed by atoms with van der Waals surface area (Å²) in [7, 11) is -3.69. The molecule has 0 unspecified atom stereocenters. The molecule has 0 fully saturated rings. The number of primary sulfonamides is 1. The lowest BCUT2D eigenvalue weighted by molar-refractivity contribution is 0.597. The fourth-order valence-corrected chi connectivity index (χ4v) is 2.76. The molecule has 0 heterocycles. The zero-order valence-corrected chi connectivity index (χ0v) is 9.87. The van der Waals surface area contributed by atoms with Crippen LogP contribution in [-0.2, 0) is 10.0 Å². The molecule has 0 bridgehead atoms.